The summed E-state index contributed by atoms with van der Waals surface area (Å²) in [5.74, 6) is -0.328. The van der Waals surface area contributed by atoms with Crippen LogP contribution in [0.5, 0.6) is 0 Å². The standard InChI is InChI=1S/C16H25N3O4S.ClH/c1-3-7-16(2,17)15(20)18-13-5-4-6-14(12-13)24(21,22)19-8-10-23-11-9-19;/h4-6,12H,3,7-11,17H2,1-2H3,(H,18,20);1H. The number of nitrogens with zero attached hydrogens (tertiary/aromatic N) is 1. The molecule has 1 aliphatic heterocycles. The number of rotatable bonds is 6. The molecule has 0 bridgehead atoms. The lowest BCUT2D eigenvalue weighted by atomic mass is 9.96. The van der Waals surface area contributed by atoms with E-state index in [1.165, 1.54) is 16.4 Å². The topological polar surface area (TPSA) is 102 Å². The van der Waals surface area contributed by atoms with Crippen LogP contribution in [0.15, 0.2) is 29.2 Å². The molecule has 0 radical (unpaired) electrons. The van der Waals surface area contributed by atoms with E-state index in [4.69, 9.17) is 10.5 Å². The van der Waals surface area contributed by atoms with E-state index in [1.807, 2.05) is 6.92 Å². The fraction of sp³-hybridized carbons (Fsp3) is 0.562. The van der Waals surface area contributed by atoms with Gasteiger partial charge in [0, 0.05) is 18.8 Å². The van der Waals surface area contributed by atoms with Gasteiger partial charge in [-0.15, -0.1) is 12.4 Å². The van der Waals surface area contributed by atoms with Gasteiger partial charge in [-0.3, -0.25) is 4.79 Å². The number of hydrogen-bond donors (Lipinski definition) is 2. The number of benzene rings is 1. The Morgan fingerprint density at radius 3 is 2.60 bits per heavy atom. The van der Waals surface area contributed by atoms with Crippen molar-refractivity contribution in [3.05, 3.63) is 24.3 Å². The first kappa shape index (κ1) is 21.9. The molecule has 0 aliphatic carbocycles. The van der Waals surface area contributed by atoms with Crippen molar-refractivity contribution in [1.29, 1.82) is 0 Å². The Labute approximate surface area is 155 Å². The van der Waals surface area contributed by atoms with Crippen molar-refractivity contribution >= 4 is 34.0 Å². The van der Waals surface area contributed by atoms with Gasteiger partial charge < -0.3 is 15.8 Å². The van der Waals surface area contributed by atoms with Crippen LogP contribution in [0.4, 0.5) is 5.69 Å². The number of nitrogens with two attached hydrogens (primary N) is 1. The van der Waals surface area contributed by atoms with E-state index in [2.05, 4.69) is 5.32 Å². The number of anilines is 1. The highest BCUT2D eigenvalue weighted by atomic mass is 35.5. The summed E-state index contributed by atoms with van der Waals surface area (Å²) in [6.45, 7) is 5.05. The fourth-order valence-corrected chi connectivity index (χ4v) is 4.03. The van der Waals surface area contributed by atoms with E-state index in [1.54, 1.807) is 19.1 Å². The van der Waals surface area contributed by atoms with Gasteiger partial charge in [0.1, 0.15) is 0 Å². The molecule has 1 aromatic rings. The molecule has 0 spiro atoms. The lowest BCUT2D eigenvalue weighted by molar-refractivity contribution is -0.120. The number of nitrogens with one attached hydrogen (secondary N) is 1. The summed E-state index contributed by atoms with van der Waals surface area (Å²) >= 11 is 0. The number of carbonyl (C=O) groups is 1. The molecule has 25 heavy (non-hydrogen) atoms. The normalized spacial score (nSPS) is 18.0. The van der Waals surface area contributed by atoms with E-state index in [0.717, 1.165) is 6.42 Å². The SMILES string of the molecule is CCCC(C)(N)C(=O)Nc1cccc(S(=O)(=O)N2CCOCC2)c1.Cl. The van der Waals surface area contributed by atoms with Crippen molar-refractivity contribution < 1.29 is 17.9 Å². The molecular weight excluding hydrogens is 366 g/mol. The Hall–Kier alpha value is -1.19. The van der Waals surface area contributed by atoms with E-state index < -0.39 is 15.6 Å². The molecule has 9 heteroatoms. The number of sulfonamides is 1. The first-order chi connectivity index (χ1) is 11.3. The van der Waals surface area contributed by atoms with Crippen LogP contribution in [-0.4, -0.2) is 50.5 Å². The molecule has 1 amide bonds. The van der Waals surface area contributed by atoms with Crippen molar-refractivity contribution in [1.82, 2.24) is 4.31 Å². The van der Waals surface area contributed by atoms with Gasteiger partial charge in [-0.25, -0.2) is 8.42 Å². The second kappa shape index (κ2) is 8.95. The molecule has 1 saturated heterocycles. The summed E-state index contributed by atoms with van der Waals surface area (Å²) in [7, 11) is -3.60. The first-order valence-electron chi connectivity index (χ1n) is 8.05. The fourth-order valence-electron chi connectivity index (χ4n) is 2.58. The van der Waals surface area contributed by atoms with Gasteiger partial charge in [0.15, 0.2) is 0 Å². The molecule has 1 heterocycles. The van der Waals surface area contributed by atoms with Crippen LogP contribution < -0.4 is 11.1 Å². The van der Waals surface area contributed by atoms with Gasteiger partial charge in [0.25, 0.3) is 0 Å². The van der Waals surface area contributed by atoms with E-state index in [9.17, 15) is 13.2 Å². The molecule has 1 atom stereocenters. The van der Waals surface area contributed by atoms with Crippen molar-refractivity contribution in [2.45, 2.75) is 37.1 Å². The van der Waals surface area contributed by atoms with Gasteiger partial charge in [-0.2, -0.15) is 4.31 Å². The minimum atomic E-state index is -3.60. The summed E-state index contributed by atoms with van der Waals surface area (Å²) < 4.78 is 31.9. The molecular formula is C16H26ClN3O4S. The van der Waals surface area contributed by atoms with Crippen LogP contribution in [0.25, 0.3) is 0 Å². The Morgan fingerprint density at radius 1 is 1.36 bits per heavy atom. The lowest BCUT2D eigenvalue weighted by Gasteiger charge is -2.26. The maximum absolute atomic E-state index is 12.7. The molecule has 2 rings (SSSR count). The van der Waals surface area contributed by atoms with Crippen LogP contribution in [0, 0.1) is 0 Å². The molecule has 0 saturated carbocycles. The van der Waals surface area contributed by atoms with E-state index >= 15 is 0 Å². The average molecular weight is 392 g/mol. The molecule has 1 aromatic carbocycles. The second-order valence-electron chi connectivity index (χ2n) is 6.17. The van der Waals surface area contributed by atoms with Crippen molar-refractivity contribution in [2.75, 3.05) is 31.6 Å². The van der Waals surface area contributed by atoms with E-state index in [0.29, 0.717) is 38.4 Å². The van der Waals surface area contributed by atoms with Gasteiger partial charge in [-0.05, 0) is 31.5 Å². The number of ether oxygens (including phenoxy) is 1. The minimum Gasteiger partial charge on any atom is -0.379 e. The second-order valence-corrected chi connectivity index (χ2v) is 8.10. The lowest BCUT2D eigenvalue weighted by Crippen LogP contribution is -2.48. The maximum Gasteiger partial charge on any atom is 0.244 e. The molecule has 0 aromatic heterocycles. The van der Waals surface area contributed by atoms with Crippen molar-refractivity contribution in [3.8, 4) is 0 Å². The van der Waals surface area contributed by atoms with Crippen LogP contribution >= 0.6 is 12.4 Å². The Balaban J connectivity index is 0.00000312. The number of hydrogen-bond acceptors (Lipinski definition) is 5. The largest absolute Gasteiger partial charge is 0.379 e. The van der Waals surface area contributed by atoms with Crippen molar-refractivity contribution in [3.63, 3.8) is 0 Å². The maximum atomic E-state index is 12.7. The molecule has 3 N–H and O–H groups in total. The summed E-state index contributed by atoms with van der Waals surface area (Å²) in [5.41, 5.74) is 5.43. The molecule has 1 aliphatic rings. The highest BCUT2D eigenvalue weighted by molar-refractivity contribution is 7.89. The molecule has 142 valence electrons. The van der Waals surface area contributed by atoms with Gasteiger partial charge >= 0.3 is 0 Å². The summed E-state index contributed by atoms with van der Waals surface area (Å²) in [5, 5.41) is 2.71. The van der Waals surface area contributed by atoms with Gasteiger partial charge in [0.05, 0.1) is 23.6 Å². The number of amides is 1. The number of halogens is 1. The smallest absolute Gasteiger partial charge is 0.244 e. The summed E-state index contributed by atoms with van der Waals surface area (Å²) in [6.07, 6.45) is 1.33. The molecule has 1 unspecified atom stereocenters. The Kier molecular flexibility index (Phi) is 7.83. The predicted octanol–water partition coefficient (Wildman–Crippen LogP) is 1.59. The third-order valence-corrected chi connectivity index (χ3v) is 5.88. The van der Waals surface area contributed by atoms with Crippen LogP contribution in [0.1, 0.15) is 26.7 Å². The van der Waals surface area contributed by atoms with Gasteiger partial charge in [-0.1, -0.05) is 19.4 Å². The Morgan fingerprint density at radius 2 is 2.00 bits per heavy atom. The predicted molar refractivity (Wildman–Crippen MR) is 99.4 cm³/mol. The summed E-state index contributed by atoms with van der Waals surface area (Å²) in [6, 6.07) is 6.24. The molecule has 1 fully saturated rings. The van der Waals surface area contributed by atoms with Gasteiger partial charge in [0.2, 0.25) is 15.9 Å². The monoisotopic (exact) mass is 391 g/mol. The van der Waals surface area contributed by atoms with Crippen LogP contribution in [0.3, 0.4) is 0 Å². The van der Waals surface area contributed by atoms with E-state index in [-0.39, 0.29) is 23.2 Å². The highest BCUT2D eigenvalue weighted by Gasteiger charge is 2.29. The molecule has 7 nitrogen and oxygen atoms in total. The third-order valence-electron chi connectivity index (χ3n) is 3.99. The van der Waals surface area contributed by atoms with Crippen LogP contribution in [-0.2, 0) is 19.6 Å². The minimum absolute atomic E-state index is 0. The first-order valence-corrected chi connectivity index (χ1v) is 9.49. The van der Waals surface area contributed by atoms with Crippen molar-refractivity contribution in [2.24, 2.45) is 5.73 Å². The highest BCUT2D eigenvalue weighted by Crippen LogP contribution is 2.21. The average Bonchev–Trinajstić information content (AvgIpc) is 2.56. The van der Waals surface area contributed by atoms with Crippen LogP contribution in [0.2, 0.25) is 0 Å². The quantitative estimate of drug-likeness (QED) is 0.766. The zero-order valence-corrected chi connectivity index (χ0v) is 16.2. The zero-order chi connectivity index (χ0) is 17.8. The number of morpholine rings is 1. The third kappa shape index (κ3) is 5.39. The number of carbonyl (C=O) groups excluding carboxylic acids is 1. The Bertz CT molecular complexity index is 688. The summed E-state index contributed by atoms with van der Waals surface area (Å²) in [4.78, 5) is 12.4. The zero-order valence-electron chi connectivity index (χ0n) is 14.5.